The van der Waals surface area contributed by atoms with Gasteiger partial charge in [-0.1, -0.05) is 11.6 Å². The molecular formula is C20H36FN5O4. The predicted octanol–water partition coefficient (Wildman–Crippen LogP) is -1.22. The smallest absolute Gasteiger partial charge is 0.344 e. The van der Waals surface area contributed by atoms with Crippen molar-refractivity contribution in [2.24, 2.45) is 11.8 Å². The number of nitrogens with one attached hydrogen (secondary N) is 5. The summed E-state index contributed by atoms with van der Waals surface area (Å²) in [6, 6.07) is -0.326. The summed E-state index contributed by atoms with van der Waals surface area (Å²) in [7, 11) is 0. The Morgan fingerprint density at radius 2 is 2.07 bits per heavy atom. The minimum atomic E-state index is -3.14. The average Bonchev–Trinajstić information content (AvgIpc) is 2.97. The van der Waals surface area contributed by atoms with Gasteiger partial charge >= 0.3 is 6.10 Å². The van der Waals surface area contributed by atoms with Crippen LogP contribution in [0.15, 0.2) is 11.6 Å². The Labute approximate surface area is 176 Å². The van der Waals surface area contributed by atoms with Crippen molar-refractivity contribution in [1.29, 1.82) is 0 Å². The molecule has 4 rings (SSSR count). The van der Waals surface area contributed by atoms with Crippen LogP contribution in [0.4, 0.5) is 4.39 Å². The van der Waals surface area contributed by atoms with Gasteiger partial charge in [0.2, 0.25) is 0 Å². The minimum absolute atomic E-state index is 0.214. The second-order valence-corrected chi connectivity index (χ2v) is 9.17. The molecule has 3 heterocycles. The highest BCUT2D eigenvalue weighted by Gasteiger charge is 2.44. The van der Waals surface area contributed by atoms with Gasteiger partial charge in [0.1, 0.15) is 12.5 Å². The van der Waals surface area contributed by atoms with Crippen molar-refractivity contribution < 1.29 is 24.4 Å². The molecule has 172 valence electrons. The first-order chi connectivity index (χ1) is 14.3. The molecule has 0 aromatic rings. The number of hydrogen-bond acceptors (Lipinski definition) is 9. The van der Waals surface area contributed by atoms with E-state index in [1.165, 1.54) is 5.57 Å². The van der Waals surface area contributed by atoms with E-state index >= 15 is 0 Å². The van der Waals surface area contributed by atoms with Crippen molar-refractivity contribution in [3.63, 3.8) is 0 Å². The molecule has 30 heavy (non-hydrogen) atoms. The highest BCUT2D eigenvalue weighted by molar-refractivity contribution is 5.15. The maximum atomic E-state index is 14.5. The molecule has 8 unspecified atom stereocenters. The molecule has 3 fully saturated rings. The molecule has 9 nitrogen and oxygen atoms in total. The summed E-state index contributed by atoms with van der Waals surface area (Å²) in [5.74, 6) is 0.884. The largest absolute Gasteiger partial charge is 0.377 e. The van der Waals surface area contributed by atoms with Crippen molar-refractivity contribution in [3.8, 4) is 0 Å². The van der Waals surface area contributed by atoms with Crippen LogP contribution in [-0.4, -0.2) is 77.9 Å². The van der Waals surface area contributed by atoms with E-state index in [1.807, 2.05) is 0 Å². The van der Waals surface area contributed by atoms with Gasteiger partial charge in [0.05, 0.1) is 12.3 Å². The van der Waals surface area contributed by atoms with Gasteiger partial charge in [0.15, 0.2) is 0 Å². The first-order valence-electron chi connectivity index (χ1n) is 11.2. The molecule has 8 N–H and O–H groups in total. The van der Waals surface area contributed by atoms with E-state index in [1.54, 1.807) is 6.92 Å². The van der Waals surface area contributed by atoms with E-state index in [-0.39, 0.29) is 12.1 Å². The summed E-state index contributed by atoms with van der Waals surface area (Å²) in [5, 5.41) is 42.8. The van der Waals surface area contributed by atoms with Gasteiger partial charge in [-0.3, -0.25) is 16.0 Å². The van der Waals surface area contributed by atoms with E-state index in [2.05, 4.69) is 32.7 Å². The zero-order chi connectivity index (χ0) is 21.3. The summed E-state index contributed by atoms with van der Waals surface area (Å²) < 4.78 is 20.6. The lowest BCUT2D eigenvalue weighted by Gasteiger charge is -2.44. The molecule has 0 spiro atoms. The highest BCUT2D eigenvalue weighted by atomic mass is 19.1. The second kappa shape index (κ2) is 9.43. The summed E-state index contributed by atoms with van der Waals surface area (Å²) in [4.78, 5) is 0. The number of fused-ring (bicyclic) bond motifs is 1. The van der Waals surface area contributed by atoms with Crippen LogP contribution in [-0.2, 0) is 4.74 Å². The van der Waals surface area contributed by atoms with Crippen molar-refractivity contribution in [1.82, 2.24) is 26.6 Å². The Hall–Kier alpha value is -0.690. The first kappa shape index (κ1) is 22.5. The van der Waals surface area contributed by atoms with Crippen LogP contribution in [0.5, 0.6) is 0 Å². The third-order valence-corrected chi connectivity index (χ3v) is 6.91. The number of rotatable bonds is 5. The van der Waals surface area contributed by atoms with Crippen LogP contribution in [0.25, 0.3) is 0 Å². The van der Waals surface area contributed by atoms with Crippen LogP contribution >= 0.6 is 0 Å². The maximum absolute atomic E-state index is 14.5. The summed E-state index contributed by atoms with van der Waals surface area (Å²) in [6.07, 6.45) is 1.69. The lowest BCUT2D eigenvalue weighted by atomic mass is 9.72. The Kier molecular flexibility index (Phi) is 7.08. The normalized spacial score (nSPS) is 43.0. The molecule has 3 aliphatic heterocycles. The van der Waals surface area contributed by atoms with E-state index in [0.29, 0.717) is 11.8 Å². The highest BCUT2D eigenvalue weighted by Crippen LogP contribution is 2.42. The van der Waals surface area contributed by atoms with Crippen LogP contribution in [0.1, 0.15) is 39.0 Å². The molecular weight excluding hydrogens is 393 g/mol. The van der Waals surface area contributed by atoms with E-state index in [9.17, 15) is 19.7 Å². The zero-order valence-electron chi connectivity index (χ0n) is 17.5. The number of halogens is 1. The first-order valence-corrected chi connectivity index (χ1v) is 11.2. The molecule has 0 aromatic heterocycles. The standard InChI is InChI=1S/C20H36FN5O4/c1-11-16(21)18(26-20(27,28)29)25-19(23-11)24-14-9-13-5-8-30-17(13)15(10-14)12-3-2-6-22-7-4-12/h4,11,13-19,22-29H,2-3,5-10H2,1H3. The second-order valence-electron chi connectivity index (χ2n) is 9.17. The Balaban J connectivity index is 1.42. The van der Waals surface area contributed by atoms with Gasteiger partial charge in [-0.25, -0.2) is 9.71 Å². The monoisotopic (exact) mass is 429 g/mol. The molecule has 0 amide bonds. The molecule has 0 radical (unpaired) electrons. The van der Waals surface area contributed by atoms with Crippen LogP contribution in [0.3, 0.4) is 0 Å². The van der Waals surface area contributed by atoms with Gasteiger partial charge in [0.25, 0.3) is 0 Å². The van der Waals surface area contributed by atoms with Crippen molar-refractivity contribution in [2.45, 2.75) is 81.9 Å². The Morgan fingerprint density at radius 1 is 1.23 bits per heavy atom. The maximum Gasteiger partial charge on any atom is 0.344 e. The average molecular weight is 430 g/mol. The molecule has 4 aliphatic rings. The Morgan fingerprint density at radius 3 is 2.87 bits per heavy atom. The summed E-state index contributed by atoms with van der Waals surface area (Å²) in [5.41, 5.74) is 1.48. The quantitative estimate of drug-likeness (QED) is 0.200. The molecule has 0 bridgehead atoms. The molecule has 0 aromatic carbocycles. The van der Waals surface area contributed by atoms with Gasteiger partial charge in [-0.05, 0) is 51.5 Å². The van der Waals surface area contributed by atoms with Crippen LogP contribution in [0, 0.1) is 11.8 Å². The van der Waals surface area contributed by atoms with Crippen molar-refractivity contribution in [3.05, 3.63) is 11.6 Å². The van der Waals surface area contributed by atoms with E-state index in [4.69, 9.17) is 4.74 Å². The van der Waals surface area contributed by atoms with E-state index in [0.717, 1.165) is 51.8 Å². The number of ether oxygens (including phenoxy) is 1. The van der Waals surface area contributed by atoms with Gasteiger partial charge in [-0.2, -0.15) is 0 Å². The number of hydrogen-bond donors (Lipinski definition) is 8. The number of alkyl halides is 1. The lowest BCUT2D eigenvalue weighted by molar-refractivity contribution is -0.339. The van der Waals surface area contributed by atoms with Crippen molar-refractivity contribution >= 4 is 0 Å². The van der Waals surface area contributed by atoms with Crippen LogP contribution < -0.4 is 26.6 Å². The molecule has 1 aliphatic carbocycles. The lowest BCUT2D eigenvalue weighted by Crippen LogP contribution is -2.75. The molecule has 2 saturated heterocycles. The minimum Gasteiger partial charge on any atom is -0.377 e. The fraction of sp³-hybridized carbons (Fsp3) is 0.900. The third-order valence-electron chi connectivity index (χ3n) is 6.91. The predicted molar refractivity (Wildman–Crippen MR) is 108 cm³/mol. The fourth-order valence-corrected chi connectivity index (χ4v) is 5.54. The molecule has 10 heteroatoms. The van der Waals surface area contributed by atoms with Gasteiger partial charge in [0, 0.05) is 31.2 Å². The Bertz CT molecular complexity index is 618. The SMILES string of the molecule is CC1NC(NC2CC3CCOC3C(C3=CCNCCC3)C2)NC(NC(O)(O)O)C1F. The van der Waals surface area contributed by atoms with Gasteiger partial charge < -0.3 is 25.4 Å². The van der Waals surface area contributed by atoms with Crippen LogP contribution in [0.2, 0.25) is 0 Å². The zero-order valence-corrected chi connectivity index (χ0v) is 17.5. The summed E-state index contributed by atoms with van der Waals surface area (Å²) >= 11 is 0. The third kappa shape index (κ3) is 5.37. The fourth-order valence-electron chi connectivity index (χ4n) is 5.54. The topological polar surface area (TPSA) is 130 Å². The molecule has 8 atom stereocenters. The summed E-state index contributed by atoms with van der Waals surface area (Å²) in [6.45, 7) is 4.44. The number of aliphatic hydroxyl groups is 3. The molecule has 1 saturated carbocycles. The van der Waals surface area contributed by atoms with E-state index < -0.39 is 30.8 Å². The van der Waals surface area contributed by atoms with Crippen molar-refractivity contribution in [2.75, 3.05) is 19.7 Å². The van der Waals surface area contributed by atoms with Gasteiger partial charge in [-0.15, -0.1) is 0 Å².